The largest absolute Gasteiger partial charge is 0.573 e. The van der Waals surface area contributed by atoms with Gasteiger partial charge in [0.2, 0.25) is 0 Å². The van der Waals surface area contributed by atoms with Crippen LogP contribution in [0.3, 0.4) is 0 Å². The fourth-order valence-corrected chi connectivity index (χ4v) is 2.16. The predicted molar refractivity (Wildman–Crippen MR) is 74.6 cm³/mol. The summed E-state index contributed by atoms with van der Waals surface area (Å²) in [6.45, 7) is 0. The van der Waals surface area contributed by atoms with Gasteiger partial charge in [-0.3, -0.25) is 4.99 Å². The van der Waals surface area contributed by atoms with Gasteiger partial charge < -0.3 is 9.47 Å². The molecule has 0 N–H and O–H groups in total. The molecule has 3 rings (SSSR count). The second-order valence-corrected chi connectivity index (χ2v) is 4.95. The molecule has 0 amide bonds. The third-order valence-corrected chi connectivity index (χ3v) is 3.21. The van der Waals surface area contributed by atoms with Crippen molar-refractivity contribution >= 4 is 27.8 Å². The van der Waals surface area contributed by atoms with Crippen molar-refractivity contribution in [3.8, 4) is 17.2 Å². The minimum atomic E-state index is -4.89. The molecule has 0 radical (unpaired) electrons. The van der Waals surface area contributed by atoms with Crippen LogP contribution < -0.4 is 9.47 Å². The van der Waals surface area contributed by atoms with Crippen LogP contribution in [-0.2, 0) is 0 Å². The number of benzene rings is 2. The smallest absolute Gasteiger partial charge is 0.454 e. The number of rotatable bonds is 1. The van der Waals surface area contributed by atoms with Crippen LogP contribution in [0, 0.1) is 0 Å². The number of ether oxygens (including phenoxy) is 2. The van der Waals surface area contributed by atoms with Gasteiger partial charge in [-0.1, -0.05) is 12.1 Å². The van der Waals surface area contributed by atoms with Gasteiger partial charge in [0.05, 0.1) is 5.84 Å². The Hall–Kier alpha value is -2.02. The molecule has 0 aromatic heterocycles. The first-order valence-corrected chi connectivity index (χ1v) is 6.54. The molecule has 0 unspecified atom stereocenters. The standard InChI is InChI=1S/C14H7BrF3NO2/c15-9-6-12-8(5-13(9)21-14(16,17)18)7-19-10-3-1-2-4-11(10)20-12/h1-7H/i5D. The van der Waals surface area contributed by atoms with Crippen LogP contribution in [0.15, 0.2) is 45.8 Å². The summed E-state index contributed by atoms with van der Waals surface area (Å²) < 4.78 is 54.7. The van der Waals surface area contributed by atoms with E-state index in [0.29, 0.717) is 11.4 Å². The Bertz CT molecular complexity index is 777. The Morgan fingerprint density at radius 2 is 2.00 bits per heavy atom. The fraction of sp³-hybridized carbons (Fsp3) is 0.0714. The number of halogens is 4. The number of aliphatic imine (C=N–C) groups is 1. The van der Waals surface area contributed by atoms with Crippen molar-refractivity contribution in [1.82, 2.24) is 0 Å². The topological polar surface area (TPSA) is 30.8 Å². The lowest BCUT2D eigenvalue weighted by molar-refractivity contribution is -0.274. The lowest BCUT2D eigenvalue weighted by Crippen LogP contribution is -2.17. The molecule has 0 saturated carbocycles. The molecule has 108 valence electrons. The maximum absolute atomic E-state index is 12.4. The highest BCUT2D eigenvalue weighted by Gasteiger charge is 2.32. The molecular weight excluding hydrogens is 351 g/mol. The molecule has 0 spiro atoms. The maximum Gasteiger partial charge on any atom is 0.573 e. The molecule has 2 aromatic rings. The van der Waals surface area contributed by atoms with Gasteiger partial charge >= 0.3 is 6.36 Å². The highest BCUT2D eigenvalue weighted by atomic mass is 79.9. The molecule has 0 aliphatic carbocycles. The zero-order chi connectivity index (χ0) is 15.9. The molecule has 21 heavy (non-hydrogen) atoms. The van der Waals surface area contributed by atoms with Gasteiger partial charge in [0, 0.05) is 11.8 Å². The fourth-order valence-electron chi connectivity index (χ4n) is 1.78. The molecule has 0 fully saturated rings. The van der Waals surface area contributed by atoms with Crippen molar-refractivity contribution in [3.05, 3.63) is 46.4 Å². The van der Waals surface area contributed by atoms with Gasteiger partial charge in [-0.15, -0.1) is 13.2 Å². The highest BCUT2D eigenvalue weighted by Crippen LogP contribution is 2.40. The van der Waals surface area contributed by atoms with Gasteiger partial charge in [0.15, 0.2) is 5.75 Å². The van der Waals surface area contributed by atoms with E-state index >= 15 is 0 Å². The molecule has 1 aliphatic heterocycles. The van der Waals surface area contributed by atoms with E-state index in [4.69, 9.17) is 6.11 Å². The summed E-state index contributed by atoms with van der Waals surface area (Å²) in [7, 11) is 0. The van der Waals surface area contributed by atoms with Crippen molar-refractivity contribution in [2.45, 2.75) is 6.36 Å². The minimum Gasteiger partial charge on any atom is -0.454 e. The SMILES string of the molecule is [2H]c1c2c(cc(Br)c1OC(F)(F)F)Oc1ccccc1N=C2. The summed E-state index contributed by atoms with van der Waals surface area (Å²) in [4.78, 5) is 4.13. The number of nitrogens with zero attached hydrogens (tertiary/aromatic N) is 1. The van der Waals surface area contributed by atoms with Crippen LogP contribution in [0.1, 0.15) is 6.93 Å². The van der Waals surface area contributed by atoms with Crippen molar-refractivity contribution in [3.63, 3.8) is 0 Å². The Kier molecular flexibility index (Phi) is 3.07. The molecule has 7 heteroatoms. The van der Waals surface area contributed by atoms with Crippen LogP contribution in [0.4, 0.5) is 18.9 Å². The normalized spacial score (nSPS) is 13.6. The van der Waals surface area contributed by atoms with E-state index < -0.39 is 18.2 Å². The van der Waals surface area contributed by atoms with E-state index in [1.54, 1.807) is 24.3 Å². The van der Waals surface area contributed by atoms with Crippen LogP contribution in [0.25, 0.3) is 0 Å². The second-order valence-electron chi connectivity index (χ2n) is 4.10. The average Bonchev–Trinajstić information content (AvgIpc) is 2.61. The lowest BCUT2D eigenvalue weighted by Gasteiger charge is -2.13. The van der Waals surface area contributed by atoms with E-state index in [-0.39, 0.29) is 15.8 Å². The first-order chi connectivity index (χ1) is 10.3. The van der Waals surface area contributed by atoms with E-state index in [0.717, 1.165) is 0 Å². The zero-order valence-corrected chi connectivity index (χ0v) is 11.8. The van der Waals surface area contributed by atoms with Crippen LogP contribution in [-0.4, -0.2) is 12.6 Å². The van der Waals surface area contributed by atoms with Crippen molar-refractivity contribution in [1.29, 1.82) is 0 Å². The Balaban J connectivity index is 2.13. The van der Waals surface area contributed by atoms with Gasteiger partial charge in [0.25, 0.3) is 0 Å². The van der Waals surface area contributed by atoms with E-state index in [9.17, 15) is 13.2 Å². The van der Waals surface area contributed by atoms with Gasteiger partial charge in [0.1, 0.15) is 17.2 Å². The van der Waals surface area contributed by atoms with Crippen LogP contribution >= 0.6 is 15.9 Å². The summed E-state index contributed by atoms with van der Waals surface area (Å²) in [6, 6.07) is 7.74. The first-order valence-electron chi connectivity index (χ1n) is 6.25. The summed E-state index contributed by atoms with van der Waals surface area (Å²) in [5, 5.41) is 0. The van der Waals surface area contributed by atoms with Crippen molar-refractivity contribution in [2.75, 3.05) is 0 Å². The van der Waals surface area contributed by atoms with Crippen LogP contribution in [0.5, 0.6) is 17.2 Å². The van der Waals surface area contributed by atoms with E-state index in [1.165, 1.54) is 12.3 Å². The van der Waals surface area contributed by atoms with Crippen molar-refractivity contribution < 1.29 is 24.0 Å². The van der Waals surface area contributed by atoms with Gasteiger partial charge in [-0.25, -0.2) is 0 Å². The molecule has 0 bridgehead atoms. The summed E-state index contributed by atoms with van der Waals surface area (Å²) in [5.41, 5.74) is 0.631. The number of para-hydroxylation sites is 2. The monoisotopic (exact) mass is 358 g/mol. The molecule has 1 aliphatic rings. The molecule has 3 nitrogen and oxygen atoms in total. The van der Waals surface area contributed by atoms with Gasteiger partial charge in [-0.05, 0) is 40.2 Å². The molecule has 0 saturated heterocycles. The van der Waals surface area contributed by atoms with E-state index in [1.807, 2.05) is 0 Å². The summed E-state index contributed by atoms with van der Waals surface area (Å²) in [5.74, 6) is 0.0423. The molecule has 2 aromatic carbocycles. The van der Waals surface area contributed by atoms with Crippen molar-refractivity contribution in [2.24, 2.45) is 4.99 Å². The summed E-state index contributed by atoms with van der Waals surface area (Å²) in [6.07, 6.45) is -3.60. The number of alkyl halides is 3. The number of hydrogen-bond acceptors (Lipinski definition) is 3. The number of fused-ring (bicyclic) bond motifs is 2. The highest BCUT2D eigenvalue weighted by molar-refractivity contribution is 9.10. The molecule has 1 heterocycles. The zero-order valence-electron chi connectivity index (χ0n) is 11.2. The Morgan fingerprint density at radius 3 is 2.76 bits per heavy atom. The Labute approximate surface area is 127 Å². The minimum absolute atomic E-state index is 0.0265. The summed E-state index contributed by atoms with van der Waals surface area (Å²) >= 11 is 2.97. The Morgan fingerprint density at radius 1 is 1.24 bits per heavy atom. The van der Waals surface area contributed by atoms with Crippen LogP contribution in [0.2, 0.25) is 0 Å². The predicted octanol–water partition coefficient (Wildman–Crippen LogP) is 5.20. The third-order valence-electron chi connectivity index (χ3n) is 2.62. The first kappa shape index (κ1) is 12.7. The third kappa shape index (κ3) is 3.02. The van der Waals surface area contributed by atoms with E-state index in [2.05, 4.69) is 25.7 Å². The maximum atomic E-state index is 12.4. The molecule has 0 atom stereocenters. The van der Waals surface area contributed by atoms with Gasteiger partial charge in [-0.2, -0.15) is 0 Å². The quantitative estimate of drug-likeness (QED) is 0.598. The average molecular weight is 359 g/mol. The molecular formula is C14H7BrF3NO2. The number of hydrogen-bond donors (Lipinski definition) is 0. The lowest BCUT2D eigenvalue weighted by atomic mass is 10.2. The second kappa shape index (κ2) is 5.07.